The number of nitrogens with zero attached hydrogens (tertiary/aromatic N) is 3. The first-order valence-corrected chi connectivity index (χ1v) is 11.9. The predicted molar refractivity (Wildman–Crippen MR) is 123 cm³/mol. The molecule has 0 atom stereocenters. The Morgan fingerprint density at radius 1 is 1.09 bits per heavy atom. The van der Waals surface area contributed by atoms with Gasteiger partial charge >= 0.3 is 5.97 Å². The van der Waals surface area contributed by atoms with Crippen molar-refractivity contribution in [2.24, 2.45) is 0 Å². The first-order valence-electron chi connectivity index (χ1n) is 10.4. The van der Waals surface area contributed by atoms with Gasteiger partial charge in [-0.3, -0.25) is 9.71 Å². The van der Waals surface area contributed by atoms with Crippen LogP contribution in [0, 0.1) is 5.82 Å². The van der Waals surface area contributed by atoms with Crippen LogP contribution in [0.3, 0.4) is 0 Å². The first kappa shape index (κ1) is 23.2. The lowest BCUT2D eigenvalue weighted by Crippen LogP contribution is -2.19. The zero-order valence-electron chi connectivity index (χ0n) is 18.4. The number of carbonyl (C=O) groups is 1. The van der Waals surface area contributed by atoms with Crippen LogP contribution in [0.4, 0.5) is 10.2 Å². The summed E-state index contributed by atoms with van der Waals surface area (Å²) in [6.07, 6.45) is 2.73. The van der Waals surface area contributed by atoms with Crippen LogP contribution in [0.1, 0.15) is 24.2 Å². The summed E-state index contributed by atoms with van der Waals surface area (Å²) in [4.78, 5) is 16.7. The van der Waals surface area contributed by atoms with E-state index in [1.165, 1.54) is 53.5 Å². The van der Waals surface area contributed by atoms with Gasteiger partial charge in [0.25, 0.3) is 10.0 Å². The Bertz CT molecular complexity index is 1450. The summed E-state index contributed by atoms with van der Waals surface area (Å²) >= 11 is 0. The third kappa shape index (κ3) is 4.42. The van der Waals surface area contributed by atoms with E-state index in [-0.39, 0.29) is 22.9 Å². The number of fused-ring (bicyclic) bond motifs is 1. The number of halogens is 1. The maximum atomic E-state index is 13.5. The molecule has 0 bridgehead atoms. The zero-order valence-corrected chi connectivity index (χ0v) is 19.2. The number of sulfonamides is 1. The van der Waals surface area contributed by atoms with Gasteiger partial charge in [0.1, 0.15) is 22.6 Å². The van der Waals surface area contributed by atoms with Gasteiger partial charge in [-0.25, -0.2) is 22.3 Å². The molecule has 0 fully saturated rings. The van der Waals surface area contributed by atoms with Crippen LogP contribution < -0.4 is 9.46 Å². The number of aromatic nitrogens is 3. The number of esters is 1. The van der Waals surface area contributed by atoms with Crippen molar-refractivity contribution in [3.63, 3.8) is 0 Å². The molecule has 4 rings (SSSR count). The molecule has 0 saturated heterocycles. The van der Waals surface area contributed by atoms with E-state index in [0.29, 0.717) is 28.9 Å². The summed E-state index contributed by atoms with van der Waals surface area (Å²) in [7, 11) is -4.24. The van der Waals surface area contributed by atoms with Crippen LogP contribution in [0.2, 0.25) is 0 Å². The van der Waals surface area contributed by atoms with E-state index < -0.39 is 21.8 Å². The highest BCUT2D eigenvalue weighted by Gasteiger charge is 2.27. The minimum absolute atomic E-state index is 0.0688. The summed E-state index contributed by atoms with van der Waals surface area (Å²) in [5.41, 5.74) is 0.626. The van der Waals surface area contributed by atoms with E-state index in [4.69, 9.17) is 9.47 Å². The fourth-order valence-electron chi connectivity index (χ4n) is 3.39. The molecule has 0 aliphatic heterocycles. The maximum Gasteiger partial charge on any atom is 0.343 e. The minimum Gasteiger partial charge on any atom is -0.492 e. The lowest BCUT2D eigenvalue weighted by atomic mass is 10.2. The molecular formula is C23H21FN4O5S. The van der Waals surface area contributed by atoms with Gasteiger partial charge < -0.3 is 9.47 Å². The molecule has 4 aromatic rings. The number of hydrogen-bond donors (Lipinski definition) is 1. The number of pyridine rings is 1. The van der Waals surface area contributed by atoms with E-state index in [1.807, 2.05) is 6.92 Å². The normalized spacial score (nSPS) is 11.4. The molecule has 2 aromatic heterocycles. The smallest absolute Gasteiger partial charge is 0.343 e. The minimum atomic E-state index is -4.24. The topological polar surface area (TPSA) is 112 Å². The number of rotatable bonds is 8. The molecule has 0 radical (unpaired) electrons. The van der Waals surface area contributed by atoms with Crippen LogP contribution in [-0.2, 0) is 14.8 Å². The Balaban J connectivity index is 1.84. The summed E-state index contributed by atoms with van der Waals surface area (Å²) in [5, 5.41) is 4.47. The fraction of sp³-hybridized carbons (Fsp3) is 0.174. The third-order valence-electron chi connectivity index (χ3n) is 4.85. The quantitative estimate of drug-likeness (QED) is 0.377. The Morgan fingerprint density at radius 3 is 2.56 bits per heavy atom. The summed E-state index contributed by atoms with van der Waals surface area (Å²) in [6.45, 7) is 3.91. The lowest BCUT2D eigenvalue weighted by molar-refractivity contribution is 0.0527. The standard InChI is InChI=1S/C23H21FN4O5S/c1-3-32-19-11-12-20(17-6-5-13-25-21(17)19)34(30,31)27-22-18(23(29)33-4-2)14-26-28(22)16-9-7-15(24)8-10-16/h5-14,27H,3-4H2,1-2H3. The maximum absolute atomic E-state index is 13.5. The van der Waals surface area contributed by atoms with Gasteiger partial charge in [-0.1, -0.05) is 0 Å². The molecule has 2 aromatic carbocycles. The average molecular weight is 485 g/mol. The molecule has 9 nitrogen and oxygen atoms in total. The fourth-order valence-corrected chi connectivity index (χ4v) is 4.65. The molecule has 0 aliphatic carbocycles. The van der Waals surface area contributed by atoms with Gasteiger partial charge in [-0.15, -0.1) is 0 Å². The molecule has 0 unspecified atom stereocenters. The van der Waals surface area contributed by atoms with E-state index in [9.17, 15) is 17.6 Å². The Kier molecular flexibility index (Phi) is 6.46. The zero-order chi connectivity index (χ0) is 24.3. The molecule has 11 heteroatoms. The monoisotopic (exact) mass is 484 g/mol. The second-order valence-corrected chi connectivity index (χ2v) is 8.67. The molecule has 1 N–H and O–H groups in total. The Morgan fingerprint density at radius 2 is 1.85 bits per heavy atom. The Labute approximate surface area is 195 Å². The largest absolute Gasteiger partial charge is 0.492 e. The summed E-state index contributed by atoms with van der Waals surface area (Å²) in [6, 6.07) is 11.4. The van der Waals surface area contributed by atoms with Crippen LogP contribution in [-0.4, -0.2) is 42.4 Å². The number of carbonyl (C=O) groups excluding carboxylic acids is 1. The van der Waals surface area contributed by atoms with Crippen molar-refractivity contribution in [1.82, 2.24) is 14.8 Å². The van der Waals surface area contributed by atoms with E-state index >= 15 is 0 Å². The van der Waals surface area contributed by atoms with Gasteiger partial charge in [0, 0.05) is 11.6 Å². The molecule has 176 valence electrons. The van der Waals surface area contributed by atoms with E-state index in [0.717, 1.165) is 0 Å². The number of ether oxygens (including phenoxy) is 2. The van der Waals surface area contributed by atoms with Gasteiger partial charge in [0.15, 0.2) is 5.82 Å². The second kappa shape index (κ2) is 9.48. The molecule has 2 heterocycles. The first-order chi connectivity index (χ1) is 16.4. The lowest BCUT2D eigenvalue weighted by Gasteiger charge is -2.15. The van der Waals surface area contributed by atoms with Gasteiger partial charge in [0.05, 0.1) is 30.0 Å². The number of benzene rings is 2. The van der Waals surface area contributed by atoms with Crippen molar-refractivity contribution in [2.45, 2.75) is 18.7 Å². The van der Waals surface area contributed by atoms with Crippen molar-refractivity contribution >= 4 is 32.7 Å². The van der Waals surface area contributed by atoms with Crippen molar-refractivity contribution in [3.05, 3.63) is 72.3 Å². The van der Waals surface area contributed by atoms with E-state index in [1.54, 1.807) is 19.1 Å². The molecule has 0 amide bonds. The van der Waals surface area contributed by atoms with Crippen molar-refractivity contribution < 1.29 is 27.1 Å². The summed E-state index contributed by atoms with van der Waals surface area (Å²) < 4.78 is 54.8. The number of hydrogen-bond acceptors (Lipinski definition) is 7. The molecule has 0 spiro atoms. The molecule has 0 aliphatic rings. The highest BCUT2D eigenvalue weighted by atomic mass is 32.2. The number of anilines is 1. The van der Waals surface area contributed by atoms with E-state index in [2.05, 4.69) is 14.8 Å². The average Bonchev–Trinajstić information content (AvgIpc) is 3.23. The molecule has 34 heavy (non-hydrogen) atoms. The molecule has 0 saturated carbocycles. The highest BCUT2D eigenvalue weighted by molar-refractivity contribution is 7.93. The van der Waals surface area contributed by atoms with Gasteiger partial charge in [0.2, 0.25) is 0 Å². The second-order valence-electron chi connectivity index (χ2n) is 7.02. The Hall–Kier alpha value is -3.99. The van der Waals surface area contributed by atoms with Crippen molar-refractivity contribution in [1.29, 1.82) is 0 Å². The third-order valence-corrected chi connectivity index (χ3v) is 6.25. The predicted octanol–water partition coefficient (Wildman–Crippen LogP) is 3.94. The summed E-state index contributed by atoms with van der Waals surface area (Å²) in [5.74, 6) is -0.930. The van der Waals surface area contributed by atoms with Crippen molar-refractivity contribution in [2.75, 3.05) is 17.9 Å². The number of nitrogens with one attached hydrogen (secondary N) is 1. The molecular weight excluding hydrogens is 463 g/mol. The van der Waals surface area contributed by atoms with Crippen LogP contribution in [0.5, 0.6) is 5.75 Å². The van der Waals surface area contributed by atoms with Gasteiger partial charge in [-0.05, 0) is 62.4 Å². The van der Waals surface area contributed by atoms with Crippen LogP contribution in [0.15, 0.2) is 65.8 Å². The van der Waals surface area contributed by atoms with Crippen LogP contribution >= 0.6 is 0 Å². The van der Waals surface area contributed by atoms with Gasteiger partial charge in [-0.2, -0.15) is 5.10 Å². The van der Waals surface area contributed by atoms with Crippen LogP contribution in [0.25, 0.3) is 16.6 Å². The van der Waals surface area contributed by atoms with Crippen molar-refractivity contribution in [3.8, 4) is 11.4 Å². The highest BCUT2D eigenvalue weighted by Crippen LogP contribution is 2.32. The SMILES string of the molecule is CCOC(=O)c1cnn(-c2ccc(F)cc2)c1NS(=O)(=O)c1ccc(OCC)c2ncccc12.